The Morgan fingerprint density at radius 1 is 1.00 bits per heavy atom. The molecule has 3 aromatic carbocycles. The maximum absolute atomic E-state index is 13.6. The molecule has 0 bridgehead atoms. The molecule has 11 heteroatoms. The molecule has 0 aliphatic carbocycles. The van der Waals surface area contributed by atoms with Crippen molar-refractivity contribution in [2.75, 3.05) is 0 Å². The van der Waals surface area contributed by atoms with Crippen LogP contribution >= 0.6 is 31.9 Å². The fourth-order valence-corrected chi connectivity index (χ4v) is 5.46. The molecule has 4 aromatic rings. The number of hydrogen-bond acceptors (Lipinski definition) is 5. The van der Waals surface area contributed by atoms with E-state index < -0.39 is 15.9 Å². The van der Waals surface area contributed by atoms with Crippen molar-refractivity contribution in [3.8, 4) is 17.1 Å². The summed E-state index contributed by atoms with van der Waals surface area (Å²) in [5.41, 5.74) is 1.32. The number of hydrogen-bond donors (Lipinski definition) is 0. The number of nitrogens with zero attached hydrogens (tertiary/aromatic N) is 3. The van der Waals surface area contributed by atoms with Gasteiger partial charge < -0.3 is 9.52 Å². The molecule has 0 atom stereocenters. The van der Waals surface area contributed by atoms with Gasteiger partial charge in [-0.3, -0.25) is 9.36 Å². The largest absolute Gasteiger partial charge is 1.00 e. The second-order valence-corrected chi connectivity index (χ2v) is 10.2. The molecule has 1 aromatic heterocycles. The molecule has 0 N–H and O–H groups in total. The predicted octanol–water partition coefficient (Wildman–Crippen LogP) is 2.19. The molecule has 0 saturated heterocycles. The number of rotatable bonds is 4. The Hall–Kier alpha value is -1.82. The summed E-state index contributed by atoms with van der Waals surface area (Å²) in [4.78, 5) is 29.3. The second kappa shape index (κ2) is 10.2. The molecule has 0 unspecified atom stereocenters. The number of benzene rings is 3. The Kier molecular flexibility index (Phi) is 7.98. The normalized spacial score (nSPS) is 11.1. The monoisotopic (exact) mass is 597 g/mol. The molecule has 0 fully saturated rings. The van der Waals surface area contributed by atoms with Crippen LogP contribution in [0.5, 0.6) is 0 Å². The summed E-state index contributed by atoms with van der Waals surface area (Å²) in [5, 5.41) is 0.384. The summed E-state index contributed by atoms with van der Waals surface area (Å²) in [6.45, 7) is 1.06. The van der Waals surface area contributed by atoms with Crippen molar-refractivity contribution in [3.05, 3.63) is 90.8 Å². The fourth-order valence-electron chi connectivity index (χ4n) is 3.22. The number of carbonyl (C=O) groups is 1. The number of fused-ring (bicyclic) bond motifs is 1. The van der Waals surface area contributed by atoms with Crippen molar-refractivity contribution >= 4 is 58.7 Å². The second-order valence-electron chi connectivity index (χ2n) is 6.81. The van der Waals surface area contributed by atoms with Crippen LogP contribution in [0, 0.1) is 0 Å². The number of halogens is 2. The van der Waals surface area contributed by atoms with E-state index >= 15 is 0 Å². The van der Waals surface area contributed by atoms with Gasteiger partial charge in [0.15, 0.2) is 0 Å². The van der Waals surface area contributed by atoms with Gasteiger partial charge in [0, 0.05) is 14.5 Å². The standard InChI is InChI=1S/C22H15Br2N3O4S.Na/c1-13(28)26-32(30,31)17-9-7-16(8-10-17)27-21(14-5-3-2-4-6-14)25-20-18(22(27)29)11-15(23)12-19(20)24;/h2-12H,1H3,(H,26,28);/q;+1/p-1. The zero-order valence-corrected chi connectivity index (χ0v) is 23.5. The first kappa shape index (κ1) is 25.8. The van der Waals surface area contributed by atoms with Gasteiger partial charge in [-0.05, 0) is 59.3 Å². The van der Waals surface area contributed by atoms with E-state index in [4.69, 9.17) is 4.98 Å². The van der Waals surface area contributed by atoms with E-state index in [-0.39, 0.29) is 40.0 Å². The third-order valence-electron chi connectivity index (χ3n) is 4.56. The van der Waals surface area contributed by atoms with Crippen LogP contribution in [0.25, 0.3) is 32.7 Å². The van der Waals surface area contributed by atoms with Crippen LogP contribution in [0.2, 0.25) is 0 Å². The van der Waals surface area contributed by atoms with Crippen molar-refractivity contribution in [3.63, 3.8) is 0 Å². The molecule has 0 spiro atoms. The Morgan fingerprint density at radius 3 is 2.24 bits per heavy atom. The molecule has 1 heterocycles. The quantitative estimate of drug-likeness (QED) is 0.335. The van der Waals surface area contributed by atoms with Gasteiger partial charge in [0.25, 0.3) is 5.56 Å². The molecule has 33 heavy (non-hydrogen) atoms. The molecule has 0 radical (unpaired) electrons. The number of carbonyl (C=O) groups excluding carboxylic acids is 1. The van der Waals surface area contributed by atoms with Gasteiger partial charge in [-0.25, -0.2) is 13.4 Å². The van der Waals surface area contributed by atoms with Gasteiger partial charge in [-0.15, -0.1) is 0 Å². The van der Waals surface area contributed by atoms with E-state index in [1.807, 2.05) is 36.4 Å². The minimum absolute atomic E-state index is 0. The van der Waals surface area contributed by atoms with E-state index in [0.717, 1.165) is 6.92 Å². The first-order valence-corrected chi connectivity index (χ1v) is 12.3. The smallest absolute Gasteiger partial charge is 0.542 e. The van der Waals surface area contributed by atoms with Crippen LogP contribution in [0.15, 0.2) is 85.4 Å². The van der Waals surface area contributed by atoms with Gasteiger partial charge in [0.05, 0.1) is 27.4 Å². The number of sulfonamides is 1. The van der Waals surface area contributed by atoms with E-state index in [2.05, 4.69) is 36.6 Å². The summed E-state index contributed by atoms with van der Waals surface area (Å²) < 4.78 is 30.4. The minimum atomic E-state index is -4.12. The third kappa shape index (κ3) is 5.31. The predicted molar refractivity (Wildman–Crippen MR) is 129 cm³/mol. The summed E-state index contributed by atoms with van der Waals surface area (Å²) in [5.74, 6) is -0.415. The topological polar surface area (TPSA) is 100 Å². The van der Waals surface area contributed by atoms with Crippen molar-refractivity contribution in [2.45, 2.75) is 11.8 Å². The first-order valence-electron chi connectivity index (χ1n) is 9.23. The summed E-state index contributed by atoms with van der Waals surface area (Å²) in [6.07, 6.45) is 0. The van der Waals surface area contributed by atoms with Crippen LogP contribution in [-0.4, -0.2) is 23.9 Å². The van der Waals surface area contributed by atoms with Gasteiger partial charge in [-0.2, -0.15) is 0 Å². The minimum Gasteiger partial charge on any atom is -0.542 e. The number of amides is 1. The van der Waals surface area contributed by atoms with Crippen molar-refractivity contribution < 1.29 is 42.8 Å². The molecular weight excluding hydrogens is 585 g/mol. The number of aromatic nitrogens is 2. The molecule has 1 amide bonds. The average Bonchev–Trinajstić information content (AvgIpc) is 2.74. The van der Waals surface area contributed by atoms with Crippen molar-refractivity contribution in [1.82, 2.24) is 9.55 Å². The van der Waals surface area contributed by atoms with Gasteiger partial charge >= 0.3 is 29.6 Å². The molecule has 7 nitrogen and oxygen atoms in total. The van der Waals surface area contributed by atoms with Crippen LogP contribution in [0.1, 0.15) is 6.92 Å². The van der Waals surface area contributed by atoms with Crippen molar-refractivity contribution in [1.29, 1.82) is 0 Å². The van der Waals surface area contributed by atoms with Crippen molar-refractivity contribution in [2.24, 2.45) is 0 Å². The zero-order valence-electron chi connectivity index (χ0n) is 17.5. The molecule has 0 saturated carbocycles. The van der Waals surface area contributed by atoms with Crippen LogP contribution < -0.4 is 35.1 Å². The molecule has 0 aliphatic heterocycles. The van der Waals surface area contributed by atoms with Crippen LogP contribution in [0.3, 0.4) is 0 Å². The zero-order chi connectivity index (χ0) is 23.0. The maximum atomic E-state index is 13.6. The SMILES string of the molecule is CC(=O)[N-]S(=O)(=O)c1ccc(-n2c(-c3ccccc3)nc3c(Br)cc(Br)cc3c2=O)cc1.[Na+]. The summed E-state index contributed by atoms with van der Waals surface area (Å²) in [7, 11) is -4.12. The van der Waals surface area contributed by atoms with E-state index in [0.29, 0.717) is 36.9 Å². The van der Waals surface area contributed by atoms with Crippen LogP contribution in [-0.2, 0) is 14.8 Å². The molecular formula is C22H14Br2N3NaO4S. The summed E-state index contributed by atoms with van der Waals surface area (Å²) >= 11 is 6.88. The van der Waals surface area contributed by atoms with Gasteiger partial charge in [-0.1, -0.05) is 46.3 Å². The Morgan fingerprint density at radius 2 is 1.64 bits per heavy atom. The van der Waals surface area contributed by atoms with E-state index in [9.17, 15) is 18.0 Å². The van der Waals surface area contributed by atoms with Gasteiger partial charge in [0.2, 0.25) is 0 Å². The van der Waals surface area contributed by atoms with E-state index in [1.165, 1.54) is 28.8 Å². The molecule has 4 rings (SSSR count). The van der Waals surface area contributed by atoms with E-state index in [1.54, 1.807) is 6.07 Å². The Balaban J connectivity index is 0.00000306. The maximum Gasteiger partial charge on any atom is 1.00 e. The Bertz CT molecular complexity index is 1520. The third-order valence-corrected chi connectivity index (χ3v) is 6.99. The molecule has 162 valence electrons. The van der Waals surface area contributed by atoms with Crippen LogP contribution in [0.4, 0.5) is 0 Å². The molecule has 0 aliphatic rings. The summed E-state index contributed by atoms with van der Waals surface area (Å²) in [6, 6.07) is 18.3. The average molecular weight is 599 g/mol. The first-order chi connectivity index (χ1) is 15.2. The van der Waals surface area contributed by atoms with Gasteiger partial charge in [0.1, 0.15) is 15.8 Å². The fraction of sp³-hybridized carbons (Fsp3) is 0.0455. The Labute approximate surface area is 228 Å².